The van der Waals surface area contributed by atoms with Crippen molar-refractivity contribution in [3.8, 4) is 0 Å². The van der Waals surface area contributed by atoms with Gasteiger partial charge in [0.1, 0.15) is 0 Å². The van der Waals surface area contributed by atoms with Crippen molar-refractivity contribution in [2.75, 3.05) is 4.31 Å². The average molecular weight is 351 g/mol. The Labute approximate surface area is 150 Å². The highest BCUT2D eigenvalue weighted by Crippen LogP contribution is 2.31. The summed E-state index contributed by atoms with van der Waals surface area (Å²) in [4.78, 5) is 15.8. The van der Waals surface area contributed by atoms with Crippen LogP contribution in [0.25, 0.3) is 0 Å². The van der Waals surface area contributed by atoms with Gasteiger partial charge in [-0.2, -0.15) is 0 Å². The summed E-state index contributed by atoms with van der Waals surface area (Å²) in [5.74, 6) is 0. The van der Waals surface area contributed by atoms with Crippen molar-refractivity contribution in [2.24, 2.45) is 0 Å². The molecule has 0 spiro atoms. The van der Waals surface area contributed by atoms with E-state index < -0.39 is 0 Å². The van der Waals surface area contributed by atoms with Crippen LogP contribution in [0, 0.1) is 17.0 Å². The number of non-ortho nitro benzene ring substituents is 1. The Hall–Kier alpha value is -2.86. The van der Waals surface area contributed by atoms with Crippen LogP contribution in [0.3, 0.4) is 0 Å². The first-order valence-corrected chi connectivity index (χ1v) is 8.56. The van der Waals surface area contributed by atoms with Gasteiger partial charge < -0.3 is 4.31 Å². The average Bonchev–Trinajstić information content (AvgIpc) is 2.62. The van der Waals surface area contributed by atoms with Crippen molar-refractivity contribution in [1.29, 1.82) is 0 Å². The molecule has 1 heterocycles. The molecule has 0 saturated carbocycles. The second-order valence-electron chi connectivity index (χ2n) is 5.54. The van der Waals surface area contributed by atoms with E-state index in [4.69, 9.17) is 0 Å². The minimum Gasteiger partial charge on any atom is -0.306 e. The van der Waals surface area contributed by atoms with Crippen LogP contribution in [-0.2, 0) is 6.54 Å². The summed E-state index contributed by atoms with van der Waals surface area (Å²) < 4.78 is 2.14. The predicted molar refractivity (Wildman–Crippen MR) is 101 cm³/mol. The fraction of sp³-hybridized carbons (Fsp3) is 0.105. The number of anilines is 1. The van der Waals surface area contributed by atoms with Gasteiger partial charge in [-0.3, -0.25) is 15.1 Å². The van der Waals surface area contributed by atoms with Crippen molar-refractivity contribution < 1.29 is 4.92 Å². The van der Waals surface area contributed by atoms with Crippen LogP contribution in [-0.4, -0.2) is 9.91 Å². The zero-order chi connectivity index (χ0) is 17.6. The summed E-state index contributed by atoms with van der Waals surface area (Å²) in [5, 5.41) is 10.8. The number of aromatic nitrogens is 1. The van der Waals surface area contributed by atoms with E-state index in [0.717, 1.165) is 16.3 Å². The molecule has 25 heavy (non-hydrogen) atoms. The van der Waals surface area contributed by atoms with Gasteiger partial charge in [0.15, 0.2) is 0 Å². The third-order valence-electron chi connectivity index (χ3n) is 3.58. The lowest BCUT2D eigenvalue weighted by Crippen LogP contribution is -2.14. The van der Waals surface area contributed by atoms with E-state index in [9.17, 15) is 10.1 Å². The summed E-state index contributed by atoms with van der Waals surface area (Å²) in [6.45, 7) is 2.69. The maximum Gasteiger partial charge on any atom is 0.269 e. The maximum absolute atomic E-state index is 10.8. The first-order valence-electron chi connectivity index (χ1n) is 7.78. The van der Waals surface area contributed by atoms with Gasteiger partial charge in [0, 0.05) is 28.9 Å². The second-order valence-corrected chi connectivity index (χ2v) is 6.63. The van der Waals surface area contributed by atoms with Crippen molar-refractivity contribution in [3.05, 3.63) is 94.3 Å². The maximum atomic E-state index is 10.8. The number of nitro groups is 1. The Morgan fingerprint density at radius 1 is 1.08 bits per heavy atom. The number of nitro benzene ring substituents is 1. The highest BCUT2D eigenvalue weighted by Gasteiger charge is 2.12. The molecule has 0 bridgehead atoms. The van der Waals surface area contributed by atoms with Gasteiger partial charge in [-0.1, -0.05) is 18.2 Å². The van der Waals surface area contributed by atoms with Gasteiger partial charge in [-0.15, -0.1) is 0 Å². The van der Waals surface area contributed by atoms with Crippen molar-refractivity contribution in [3.63, 3.8) is 0 Å². The van der Waals surface area contributed by atoms with E-state index in [1.807, 2.05) is 30.3 Å². The second kappa shape index (κ2) is 7.81. The van der Waals surface area contributed by atoms with E-state index in [2.05, 4.69) is 28.3 Å². The Morgan fingerprint density at radius 3 is 2.52 bits per heavy atom. The van der Waals surface area contributed by atoms with Crippen LogP contribution in [0.4, 0.5) is 11.4 Å². The molecule has 6 heteroatoms. The van der Waals surface area contributed by atoms with Crippen molar-refractivity contribution in [1.82, 2.24) is 4.98 Å². The van der Waals surface area contributed by atoms with Crippen molar-refractivity contribution >= 4 is 23.3 Å². The molecule has 1 aromatic heterocycles. The zero-order valence-corrected chi connectivity index (χ0v) is 14.5. The smallest absolute Gasteiger partial charge is 0.269 e. The predicted octanol–water partition coefficient (Wildman–Crippen LogP) is 5.01. The standard InChI is InChI=1S/C19H17N3O2S/c1-15-5-4-7-18(13-15)21(14-16-6-2-3-12-20-16)25-19-10-8-17(9-11-19)22(23)24/h2-13H,14H2,1H3. The van der Waals surface area contributed by atoms with Crippen LogP contribution in [0.15, 0.2) is 77.8 Å². The largest absolute Gasteiger partial charge is 0.306 e. The first-order chi connectivity index (χ1) is 12.1. The van der Waals surface area contributed by atoms with E-state index in [1.165, 1.54) is 29.6 Å². The molecule has 0 aliphatic heterocycles. The quantitative estimate of drug-likeness (QED) is 0.355. The lowest BCUT2D eigenvalue weighted by atomic mass is 10.2. The summed E-state index contributed by atoms with van der Waals surface area (Å²) >= 11 is 1.54. The van der Waals surface area contributed by atoms with Crippen LogP contribution < -0.4 is 4.31 Å². The Kier molecular flexibility index (Phi) is 5.30. The monoisotopic (exact) mass is 351 g/mol. The number of hydrogen-bond acceptors (Lipinski definition) is 5. The highest BCUT2D eigenvalue weighted by atomic mass is 32.2. The lowest BCUT2D eigenvalue weighted by Gasteiger charge is -2.23. The minimum atomic E-state index is -0.388. The molecular formula is C19H17N3O2S. The zero-order valence-electron chi connectivity index (χ0n) is 13.7. The van der Waals surface area contributed by atoms with Crippen LogP contribution >= 0.6 is 11.9 Å². The normalized spacial score (nSPS) is 10.4. The molecule has 0 N–H and O–H groups in total. The van der Waals surface area contributed by atoms with E-state index in [0.29, 0.717) is 6.54 Å². The topological polar surface area (TPSA) is 59.3 Å². The number of benzene rings is 2. The van der Waals surface area contributed by atoms with Crippen molar-refractivity contribution in [2.45, 2.75) is 18.4 Å². The number of aryl methyl sites for hydroxylation is 1. The molecule has 126 valence electrons. The van der Waals surface area contributed by atoms with Gasteiger partial charge in [0.2, 0.25) is 0 Å². The Bertz CT molecular complexity index is 854. The highest BCUT2D eigenvalue weighted by molar-refractivity contribution is 8.00. The van der Waals surface area contributed by atoms with E-state index >= 15 is 0 Å². The van der Waals surface area contributed by atoms with E-state index in [1.54, 1.807) is 18.3 Å². The SMILES string of the molecule is Cc1cccc(N(Cc2ccccn2)Sc2ccc([N+](=O)[O-])cc2)c1. The van der Waals surface area contributed by atoms with Gasteiger partial charge >= 0.3 is 0 Å². The molecule has 2 aromatic carbocycles. The molecule has 0 radical (unpaired) electrons. The molecule has 0 saturated heterocycles. The lowest BCUT2D eigenvalue weighted by molar-refractivity contribution is -0.384. The number of nitrogens with zero attached hydrogens (tertiary/aromatic N) is 3. The third kappa shape index (κ3) is 4.58. The molecule has 0 unspecified atom stereocenters. The van der Waals surface area contributed by atoms with Crippen LogP contribution in [0.5, 0.6) is 0 Å². The van der Waals surface area contributed by atoms with Crippen LogP contribution in [0.1, 0.15) is 11.3 Å². The molecule has 0 amide bonds. The summed E-state index contributed by atoms with van der Waals surface area (Å²) in [6.07, 6.45) is 1.78. The number of pyridine rings is 1. The van der Waals surface area contributed by atoms with Gasteiger partial charge in [-0.25, -0.2) is 0 Å². The molecule has 0 aliphatic rings. The van der Waals surface area contributed by atoms with Gasteiger partial charge in [0.05, 0.1) is 17.2 Å². The molecule has 0 aliphatic carbocycles. The fourth-order valence-electron chi connectivity index (χ4n) is 2.35. The molecule has 0 atom stereocenters. The molecular weight excluding hydrogens is 334 g/mol. The summed E-state index contributed by atoms with van der Waals surface area (Å²) in [5.41, 5.74) is 3.29. The summed E-state index contributed by atoms with van der Waals surface area (Å²) in [6, 6.07) is 20.7. The molecule has 3 rings (SSSR count). The van der Waals surface area contributed by atoms with Gasteiger partial charge in [-0.05, 0) is 60.8 Å². The molecule has 3 aromatic rings. The minimum absolute atomic E-state index is 0.0937. The van der Waals surface area contributed by atoms with E-state index in [-0.39, 0.29) is 10.6 Å². The molecule has 0 fully saturated rings. The summed E-state index contributed by atoms with van der Waals surface area (Å²) in [7, 11) is 0. The van der Waals surface area contributed by atoms with Crippen LogP contribution in [0.2, 0.25) is 0 Å². The first kappa shape index (κ1) is 17.0. The Balaban J connectivity index is 1.86. The van der Waals surface area contributed by atoms with Gasteiger partial charge in [0.25, 0.3) is 5.69 Å². The number of rotatable bonds is 6. The molecule has 5 nitrogen and oxygen atoms in total. The fourth-order valence-corrected chi connectivity index (χ4v) is 3.28. The number of hydrogen-bond donors (Lipinski definition) is 0. The third-order valence-corrected chi connectivity index (χ3v) is 4.63. The Morgan fingerprint density at radius 2 is 1.88 bits per heavy atom.